The van der Waals surface area contributed by atoms with Crippen LogP contribution in [0.5, 0.6) is 0 Å². The third-order valence-electron chi connectivity index (χ3n) is 4.44. The zero-order valence-electron chi connectivity index (χ0n) is 10.2. The molecule has 0 aromatic heterocycles. The predicted octanol–water partition coefficient (Wildman–Crippen LogP) is -0.434. The van der Waals surface area contributed by atoms with E-state index in [9.17, 15) is 4.39 Å². The first-order chi connectivity index (χ1) is 8.31. The summed E-state index contributed by atoms with van der Waals surface area (Å²) < 4.78 is 12.8. The molecule has 3 fully saturated rings. The minimum Gasteiger partial charge on any atom is -0.335 e. The summed E-state index contributed by atoms with van der Waals surface area (Å²) in [5.74, 6) is 0.786. The number of quaternary nitrogens is 2. The van der Waals surface area contributed by atoms with Crippen LogP contribution in [0.4, 0.5) is 4.39 Å². The summed E-state index contributed by atoms with van der Waals surface area (Å²) in [4.78, 5) is 1.79. The number of benzene rings is 1. The summed E-state index contributed by atoms with van der Waals surface area (Å²) in [6.07, 6.45) is 2.81. The normalized spacial score (nSPS) is 31.7. The lowest BCUT2D eigenvalue weighted by molar-refractivity contribution is -0.943. The Balaban J connectivity index is 1.56. The molecule has 0 spiro atoms. The topological polar surface area (TPSA) is 21.1 Å². The van der Waals surface area contributed by atoms with Gasteiger partial charge in [0, 0.05) is 24.3 Å². The monoisotopic (exact) mass is 236 g/mol. The molecule has 0 amide bonds. The molecule has 0 saturated carbocycles. The molecule has 0 radical (unpaired) electrons. The second kappa shape index (κ2) is 4.75. The minimum atomic E-state index is -0.138. The van der Waals surface area contributed by atoms with Crippen molar-refractivity contribution in [1.29, 1.82) is 0 Å². The zero-order chi connectivity index (χ0) is 11.7. The molecule has 2 bridgehead atoms. The molecule has 3 aliphatic rings. The molecular weight excluding hydrogens is 215 g/mol. The van der Waals surface area contributed by atoms with Crippen LogP contribution in [-0.4, -0.2) is 25.7 Å². The van der Waals surface area contributed by atoms with Gasteiger partial charge >= 0.3 is 0 Å². The fraction of sp³-hybridized carbons (Fsp3) is 0.571. The first-order valence-corrected chi connectivity index (χ1v) is 6.72. The van der Waals surface area contributed by atoms with E-state index in [1.165, 1.54) is 38.0 Å². The molecule has 0 unspecified atom stereocenters. The number of hydrogen-bond acceptors (Lipinski definition) is 0. The largest absolute Gasteiger partial charge is 0.335 e. The summed E-state index contributed by atoms with van der Waals surface area (Å²) in [7, 11) is 0. The van der Waals surface area contributed by atoms with Crippen LogP contribution in [0.1, 0.15) is 18.4 Å². The molecule has 3 heteroatoms. The summed E-state index contributed by atoms with van der Waals surface area (Å²) >= 11 is 0. The van der Waals surface area contributed by atoms with E-state index >= 15 is 0 Å². The molecule has 3 saturated heterocycles. The molecule has 3 aliphatic heterocycles. The number of piperidine rings is 3. The van der Waals surface area contributed by atoms with Gasteiger partial charge in [-0.1, -0.05) is 12.1 Å². The second-order valence-electron chi connectivity index (χ2n) is 5.52. The molecule has 4 rings (SSSR count). The van der Waals surface area contributed by atoms with Crippen molar-refractivity contribution in [2.24, 2.45) is 5.92 Å². The Bertz CT molecular complexity index is 368. The van der Waals surface area contributed by atoms with Crippen LogP contribution in [0.2, 0.25) is 0 Å². The summed E-state index contributed by atoms with van der Waals surface area (Å²) in [6.45, 7) is 5.08. The highest BCUT2D eigenvalue weighted by Gasteiger charge is 2.39. The van der Waals surface area contributed by atoms with Crippen molar-refractivity contribution < 1.29 is 14.6 Å². The Morgan fingerprint density at radius 2 is 1.88 bits per heavy atom. The smallest absolute Gasteiger partial charge is 0.139 e. The maximum absolute atomic E-state index is 12.8. The van der Waals surface area contributed by atoms with Crippen LogP contribution in [0.25, 0.3) is 0 Å². The van der Waals surface area contributed by atoms with Gasteiger partial charge in [0.2, 0.25) is 0 Å². The van der Waals surface area contributed by atoms with Gasteiger partial charge in [0.25, 0.3) is 0 Å². The van der Waals surface area contributed by atoms with Gasteiger partial charge in [-0.25, -0.2) is 4.39 Å². The lowest BCUT2D eigenvalue weighted by atomic mass is 9.84. The van der Waals surface area contributed by atoms with Crippen molar-refractivity contribution in [2.75, 3.05) is 19.6 Å². The third-order valence-corrected chi connectivity index (χ3v) is 4.44. The number of halogens is 1. The van der Waals surface area contributed by atoms with E-state index in [1.54, 1.807) is 17.0 Å². The zero-order valence-corrected chi connectivity index (χ0v) is 10.2. The molecule has 3 N–H and O–H groups in total. The van der Waals surface area contributed by atoms with Crippen molar-refractivity contribution in [3.8, 4) is 0 Å². The van der Waals surface area contributed by atoms with E-state index in [4.69, 9.17) is 0 Å². The Morgan fingerprint density at radius 1 is 1.18 bits per heavy atom. The Hall–Kier alpha value is -0.930. The number of fused-ring (bicyclic) bond motifs is 3. The Morgan fingerprint density at radius 3 is 2.47 bits per heavy atom. The Kier molecular flexibility index (Phi) is 3.12. The fourth-order valence-electron chi connectivity index (χ4n) is 3.36. The predicted molar refractivity (Wildman–Crippen MR) is 64.1 cm³/mol. The quantitative estimate of drug-likeness (QED) is 0.710. The van der Waals surface area contributed by atoms with Gasteiger partial charge in [-0.15, -0.1) is 0 Å². The molecule has 1 aromatic rings. The van der Waals surface area contributed by atoms with Crippen molar-refractivity contribution in [3.05, 3.63) is 35.6 Å². The number of rotatable bonds is 3. The summed E-state index contributed by atoms with van der Waals surface area (Å²) in [6, 6.07) is 7.72. The first-order valence-electron chi connectivity index (χ1n) is 6.72. The molecule has 92 valence electrons. The van der Waals surface area contributed by atoms with Crippen molar-refractivity contribution in [1.82, 2.24) is 0 Å². The highest BCUT2D eigenvalue weighted by Crippen LogP contribution is 2.15. The van der Waals surface area contributed by atoms with Gasteiger partial charge in [-0.05, 0) is 12.1 Å². The van der Waals surface area contributed by atoms with Crippen molar-refractivity contribution >= 4 is 0 Å². The number of nitrogens with two attached hydrogens (primary N) is 1. The van der Waals surface area contributed by atoms with E-state index in [0.29, 0.717) is 0 Å². The van der Waals surface area contributed by atoms with Gasteiger partial charge < -0.3 is 10.2 Å². The molecule has 3 heterocycles. The first kappa shape index (κ1) is 11.2. The van der Waals surface area contributed by atoms with Gasteiger partial charge in [-0.2, -0.15) is 0 Å². The summed E-state index contributed by atoms with van der Waals surface area (Å²) in [5, 5.41) is 2.47. The van der Waals surface area contributed by atoms with Crippen LogP contribution in [0.15, 0.2) is 24.3 Å². The average Bonchev–Trinajstić information content (AvgIpc) is 2.39. The number of hydrogen-bond donors (Lipinski definition) is 2. The van der Waals surface area contributed by atoms with Crippen LogP contribution >= 0.6 is 0 Å². The summed E-state index contributed by atoms with van der Waals surface area (Å²) in [5.41, 5.74) is 1.23. The van der Waals surface area contributed by atoms with E-state index in [-0.39, 0.29) is 5.82 Å². The Labute approximate surface area is 102 Å². The standard InChI is InChI=1S/C14H19FN2/c15-13-3-1-11(2-4-13)9-16-14-10-17-7-5-12(14)6-8-17/h1-4,12,14,16H,5-10H2/p+2/t14-/m0/s1. The van der Waals surface area contributed by atoms with E-state index in [1.807, 2.05) is 12.1 Å². The number of nitrogens with one attached hydrogen (secondary N) is 1. The van der Waals surface area contributed by atoms with E-state index in [0.717, 1.165) is 18.5 Å². The lowest BCUT2D eigenvalue weighted by Crippen LogP contribution is -3.20. The van der Waals surface area contributed by atoms with Crippen LogP contribution in [-0.2, 0) is 6.54 Å². The van der Waals surface area contributed by atoms with Gasteiger partial charge in [0.05, 0.1) is 13.1 Å². The average molecular weight is 236 g/mol. The molecule has 17 heavy (non-hydrogen) atoms. The third kappa shape index (κ3) is 2.50. The van der Waals surface area contributed by atoms with Crippen LogP contribution in [0.3, 0.4) is 0 Å². The molecule has 1 aromatic carbocycles. The molecule has 1 atom stereocenters. The maximum Gasteiger partial charge on any atom is 0.139 e. The van der Waals surface area contributed by atoms with E-state index < -0.39 is 0 Å². The molecule has 2 nitrogen and oxygen atoms in total. The fourth-order valence-corrected chi connectivity index (χ4v) is 3.36. The highest BCUT2D eigenvalue weighted by molar-refractivity contribution is 5.14. The highest BCUT2D eigenvalue weighted by atomic mass is 19.1. The van der Waals surface area contributed by atoms with Gasteiger partial charge in [-0.3, -0.25) is 0 Å². The van der Waals surface area contributed by atoms with Crippen LogP contribution in [0, 0.1) is 11.7 Å². The van der Waals surface area contributed by atoms with Gasteiger partial charge in [0.15, 0.2) is 0 Å². The second-order valence-corrected chi connectivity index (χ2v) is 5.52. The van der Waals surface area contributed by atoms with E-state index in [2.05, 4.69) is 5.32 Å². The van der Waals surface area contributed by atoms with Crippen molar-refractivity contribution in [3.63, 3.8) is 0 Å². The van der Waals surface area contributed by atoms with Gasteiger partial charge in [0.1, 0.15) is 24.9 Å². The lowest BCUT2D eigenvalue weighted by Gasteiger charge is -2.40. The van der Waals surface area contributed by atoms with Crippen LogP contribution < -0.4 is 10.2 Å². The minimum absolute atomic E-state index is 0.138. The maximum atomic E-state index is 12.8. The SMILES string of the molecule is Fc1ccc(C[NH2+][C@H]2C[NH+]3CCC2CC3)cc1. The molecular formula is C14H21FN2+2. The van der Waals surface area contributed by atoms with Crippen molar-refractivity contribution in [2.45, 2.75) is 25.4 Å². The molecule has 0 aliphatic carbocycles.